The van der Waals surface area contributed by atoms with Crippen LogP contribution >= 0.6 is 0 Å². The molecule has 25 heavy (non-hydrogen) atoms. The minimum Gasteiger partial charge on any atom is -0.370 e. The van der Waals surface area contributed by atoms with Gasteiger partial charge in [0.05, 0.1) is 0 Å². The fourth-order valence-electron chi connectivity index (χ4n) is 3.31. The summed E-state index contributed by atoms with van der Waals surface area (Å²) in [6.07, 6.45) is 4.87. The van der Waals surface area contributed by atoms with Crippen molar-refractivity contribution in [2.45, 2.75) is 32.7 Å². The van der Waals surface area contributed by atoms with E-state index in [2.05, 4.69) is 37.0 Å². The van der Waals surface area contributed by atoms with Gasteiger partial charge in [-0.15, -0.1) is 10.2 Å². The number of aryl methyl sites for hydroxylation is 2. The first kappa shape index (κ1) is 15.7. The number of nitrogens with zero attached hydrogens (tertiary/aromatic N) is 5. The van der Waals surface area contributed by atoms with Gasteiger partial charge >= 0.3 is 0 Å². The summed E-state index contributed by atoms with van der Waals surface area (Å²) in [6, 6.07) is 12.0. The third-order valence-electron chi connectivity index (χ3n) is 4.70. The van der Waals surface area contributed by atoms with Gasteiger partial charge in [-0.2, -0.15) is 0 Å². The number of hydrogen-bond donors (Lipinski definition) is 1. The molecule has 0 aliphatic carbocycles. The molecule has 0 saturated heterocycles. The van der Waals surface area contributed by atoms with Gasteiger partial charge in [-0.25, -0.2) is 9.97 Å². The van der Waals surface area contributed by atoms with E-state index in [9.17, 15) is 0 Å². The maximum Gasteiger partial charge on any atom is 0.161 e. The van der Waals surface area contributed by atoms with Crippen LogP contribution in [-0.4, -0.2) is 31.3 Å². The standard InChI is InChI=1S/C19H22N6/c1-2-17-23-24-18-9-8-14(13-25(17)18)12-21-16-10-11-20-19(22-16)15-6-4-3-5-7-15/h3-7,10-11,14H,2,8-9,12-13H2,1H3,(H,20,21,22)/t14-/m0/s1. The summed E-state index contributed by atoms with van der Waals surface area (Å²) in [5.41, 5.74) is 1.03. The first-order valence-corrected chi connectivity index (χ1v) is 8.86. The Morgan fingerprint density at radius 1 is 1.16 bits per heavy atom. The van der Waals surface area contributed by atoms with Gasteiger partial charge in [-0.05, 0) is 18.4 Å². The second-order valence-corrected chi connectivity index (χ2v) is 6.41. The maximum atomic E-state index is 4.64. The number of rotatable bonds is 5. The first-order valence-electron chi connectivity index (χ1n) is 8.86. The number of nitrogens with one attached hydrogen (secondary N) is 1. The summed E-state index contributed by atoms with van der Waals surface area (Å²) in [5.74, 6) is 4.40. The molecular formula is C19H22N6. The fourth-order valence-corrected chi connectivity index (χ4v) is 3.31. The Bertz CT molecular complexity index is 829. The van der Waals surface area contributed by atoms with Crippen LogP contribution in [0.25, 0.3) is 11.4 Å². The molecule has 0 unspecified atom stereocenters. The molecule has 0 amide bonds. The molecule has 0 spiro atoms. The van der Waals surface area contributed by atoms with Crippen LogP contribution < -0.4 is 5.32 Å². The second-order valence-electron chi connectivity index (χ2n) is 6.41. The van der Waals surface area contributed by atoms with Crippen LogP contribution in [0.3, 0.4) is 0 Å². The maximum absolute atomic E-state index is 4.64. The van der Waals surface area contributed by atoms with Crippen molar-refractivity contribution in [2.75, 3.05) is 11.9 Å². The molecule has 0 saturated carbocycles. The Morgan fingerprint density at radius 3 is 2.88 bits per heavy atom. The number of aromatic nitrogens is 5. The quantitative estimate of drug-likeness (QED) is 0.777. The lowest BCUT2D eigenvalue weighted by atomic mass is 9.99. The van der Waals surface area contributed by atoms with Crippen LogP contribution in [-0.2, 0) is 19.4 Å². The molecule has 128 valence electrons. The van der Waals surface area contributed by atoms with Crippen molar-refractivity contribution in [2.24, 2.45) is 5.92 Å². The van der Waals surface area contributed by atoms with Gasteiger partial charge in [-0.3, -0.25) is 0 Å². The highest BCUT2D eigenvalue weighted by atomic mass is 15.3. The third-order valence-corrected chi connectivity index (χ3v) is 4.70. The molecule has 0 bridgehead atoms. The third kappa shape index (κ3) is 3.38. The van der Waals surface area contributed by atoms with E-state index in [1.807, 2.05) is 42.6 Å². The van der Waals surface area contributed by atoms with E-state index in [-0.39, 0.29) is 0 Å². The van der Waals surface area contributed by atoms with Gasteiger partial charge in [-0.1, -0.05) is 37.3 Å². The largest absolute Gasteiger partial charge is 0.370 e. The zero-order chi connectivity index (χ0) is 17.1. The summed E-state index contributed by atoms with van der Waals surface area (Å²) >= 11 is 0. The molecule has 3 aromatic rings. The number of hydrogen-bond acceptors (Lipinski definition) is 5. The van der Waals surface area contributed by atoms with Crippen molar-refractivity contribution in [3.63, 3.8) is 0 Å². The normalized spacial score (nSPS) is 16.4. The van der Waals surface area contributed by atoms with Crippen molar-refractivity contribution in [3.05, 3.63) is 54.2 Å². The van der Waals surface area contributed by atoms with Crippen molar-refractivity contribution in [3.8, 4) is 11.4 Å². The highest BCUT2D eigenvalue weighted by Gasteiger charge is 2.22. The molecule has 1 N–H and O–H groups in total. The van der Waals surface area contributed by atoms with E-state index in [1.165, 1.54) is 0 Å². The van der Waals surface area contributed by atoms with E-state index in [4.69, 9.17) is 0 Å². The molecule has 4 rings (SSSR count). The predicted octanol–water partition coefficient (Wildman–Crippen LogP) is 2.97. The smallest absolute Gasteiger partial charge is 0.161 e. The lowest BCUT2D eigenvalue weighted by Crippen LogP contribution is -2.27. The Kier molecular flexibility index (Phi) is 4.41. The SMILES string of the molecule is CCc1nnc2n1C[C@H](CNc1ccnc(-c3ccccc3)n1)CC2. The zero-order valence-corrected chi connectivity index (χ0v) is 14.4. The summed E-state index contributed by atoms with van der Waals surface area (Å²) in [6.45, 7) is 4.01. The summed E-state index contributed by atoms with van der Waals surface area (Å²) < 4.78 is 2.28. The van der Waals surface area contributed by atoms with Crippen LogP contribution in [0, 0.1) is 5.92 Å². The van der Waals surface area contributed by atoms with Crippen molar-refractivity contribution in [1.82, 2.24) is 24.7 Å². The van der Waals surface area contributed by atoms with E-state index < -0.39 is 0 Å². The van der Waals surface area contributed by atoms with Crippen LogP contribution in [0.15, 0.2) is 42.6 Å². The Labute approximate surface area is 147 Å². The van der Waals surface area contributed by atoms with Crippen molar-refractivity contribution < 1.29 is 0 Å². The van der Waals surface area contributed by atoms with E-state index in [0.29, 0.717) is 5.92 Å². The molecular weight excluding hydrogens is 312 g/mol. The molecule has 3 heterocycles. The topological polar surface area (TPSA) is 68.5 Å². The minimum absolute atomic E-state index is 0.559. The minimum atomic E-state index is 0.559. The van der Waals surface area contributed by atoms with Gasteiger partial charge < -0.3 is 9.88 Å². The van der Waals surface area contributed by atoms with Gasteiger partial charge in [0.25, 0.3) is 0 Å². The molecule has 2 aromatic heterocycles. The highest BCUT2D eigenvalue weighted by Crippen LogP contribution is 2.21. The average molecular weight is 334 g/mol. The predicted molar refractivity (Wildman–Crippen MR) is 97.2 cm³/mol. The van der Waals surface area contributed by atoms with Gasteiger partial charge in [0.1, 0.15) is 17.5 Å². The van der Waals surface area contributed by atoms with Crippen LogP contribution in [0.4, 0.5) is 5.82 Å². The summed E-state index contributed by atoms with van der Waals surface area (Å²) in [5, 5.41) is 12.1. The summed E-state index contributed by atoms with van der Waals surface area (Å²) in [7, 11) is 0. The molecule has 1 aliphatic heterocycles. The lowest BCUT2D eigenvalue weighted by molar-refractivity contribution is 0.374. The van der Waals surface area contributed by atoms with Gasteiger partial charge in [0.2, 0.25) is 0 Å². The van der Waals surface area contributed by atoms with Crippen molar-refractivity contribution in [1.29, 1.82) is 0 Å². The average Bonchev–Trinajstić information content (AvgIpc) is 3.09. The molecule has 6 heteroatoms. The van der Waals surface area contributed by atoms with Gasteiger partial charge in [0, 0.05) is 37.7 Å². The van der Waals surface area contributed by atoms with E-state index in [1.54, 1.807) is 0 Å². The molecule has 6 nitrogen and oxygen atoms in total. The second kappa shape index (κ2) is 7.01. The lowest BCUT2D eigenvalue weighted by Gasteiger charge is -2.24. The number of anilines is 1. The highest BCUT2D eigenvalue weighted by molar-refractivity contribution is 5.56. The van der Waals surface area contributed by atoms with E-state index in [0.717, 1.165) is 61.2 Å². The summed E-state index contributed by atoms with van der Waals surface area (Å²) in [4.78, 5) is 9.02. The molecule has 0 radical (unpaired) electrons. The zero-order valence-electron chi connectivity index (χ0n) is 14.4. The van der Waals surface area contributed by atoms with Crippen molar-refractivity contribution >= 4 is 5.82 Å². The number of benzene rings is 1. The van der Waals surface area contributed by atoms with E-state index >= 15 is 0 Å². The molecule has 1 aromatic carbocycles. The molecule has 0 fully saturated rings. The van der Waals surface area contributed by atoms with Crippen LogP contribution in [0.1, 0.15) is 25.0 Å². The van der Waals surface area contributed by atoms with Gasteiger partial charge in [0.15, 0.2) is 5.82 Å². The molecule has 1 aliphatic rings. The fraction of sp³-hybridized carbons (Fsp3) is 0.368. The first-order chi connectivity index (χ1) is 12.3. The Hall–Kier alpha value is -2.76. The van der Waals surface area contributed by atoms with Crippen LogP contribution in [0.5, 0.6) is 0 Å². The molecule has 1 atom stereocenters. The Morgan fingerprint density at radius 2 is 2.04 bits per heavy atom. The van der Waals surface area contributed by atoms with Crippen LogP contribution in [0.2, 0.25) is 0 Å². The Balaban J connectivity index is 1.42. The monoisotopic (exact) mass is 334 g/mol. The number of fused-ring (bicyclic) bond motifs is 1.